The van der Waals surface area contributed by atoms with Crippen LogP contribution in [0.4, 0.5) is 17.4 Å². The molecule has 0 amide bonds. The van der Waals surface area contributed by atoms with Crippen molar-refractivity contribution in [2.75, 3.05) is 17.2 Å². The van der Waals surface area contributed by atoms with Crippen molar-refractivity contribution in [3.8, 4) is 22.4 Å². The molecule has 2 heterocycles. The molecular formula is C19H16N4O. The molecular weight excluding hydrogens is 300 g/mol. The van der Waals surface area contributed by atoms with E-state index in [-0.39, 0.29) is 11.7 Å². The Labute approximate surface area is 138 Å². The van der Waals surface area contributed by atoms with E-state index in [2.05, 4.69) is 4.98 Å². The summed E-state index contributed by atoms with van der Waals surface area (Å²) < 4.78 is 5.55. The van der Waals surface area contributed by atoms with Crippen LogP contribution < -0.4 is 17.2 Å². The van der Waals surface area contributed by atoms with Gasteiger partial charge in [0.15, 0.2) is 11.4 Å². The lowest BCUT2D eigenvalue weighted by atomic mass is 9.95. The van der Waals surface area contributed by atoms with Gasteiger partial charge in [-0.15, -0.1) is 0 Å². The van der Waals surface area contributed by atoms with Crippen molar-refractivity contribution in [3.05, 3.63) is 60.7 Å². The third-order valence-corrected chi connectivity index (χ3v) is 4.04. The van der Waals surface area contributed by atoms with Gasteiger partial charge in [-0.25, -0.2) is 4.98 Å². The topological polar surface area (TPSA) is 104 Å². The lowest BCUT2D eigenvalue weighted by Crippen LogP contribution is -1.98. The monoisotopic (exact) mass is 316 g/mol. The third kappa shape index (κ3) is 2.06. The highest BCUT2D eigenvalue weighted by Crippen LogP contribution is 2.44. The van der Waals surface area contributed by atoms with Crippen LogP contribution in [0.1, 0.15) is 0 Å². The maximum atomic E-state index is 6.19. The first-order valence-electron chi connectivity index (χ1n) is 7.54. The summed E-state index contributed by atoms with van der Waals surface area (Å²) in [7, 11) is 0. The summed E-state index contributed by atoms with van der Waals surface area (Å²) in [4.78, 5) is 4.58. The molecule has 4 aromatic rings. The van der Waals surface area contributed by atoms with Crippen molar-refractivity contribution in [2.45, 2.75) is 0 Å². The van der Waals surface area contributed by atoms with E-state index in [9.17, 15) is 0 Å². The van der Waals surface area contributed by atoms with Crippen molar-refractivity contribution in [1.82, 2.24) is 4.98 Å². The van der Waals surface area contributed by atoms with E-state index in [0.29, 0.717) is 16.7 Å². The molecule has 0 bridgehead atoms. The summed E-state index contributed by atoms with van der Waals surface area (Å²) in [5.41, 5.74) is 22.5. The summed E-state index contributed by atoms with van der Waals surface area (Å²) in [6.07, 6.45) is 0. The first kappa shape index (κ1) is 14.1. The number of nitrogen functional groups attached to an aromatic ring is 3. The zero-order valence-electron chi connectivity index (χ0n) is 12.9. The predicted octanol–water partition coefficient (Wildman–Crippen LogP) is 3.91. The number of anilines is 3. The molecule has 0 saturated carbocycles. The van der Waals surface area contributed by atoms with E-state index in [0.717, 1.165) is 22.4 Å². The second-order valence-corrected chi connectivity index (χ2v) is 5.54. The second-order valence-electron chi connectivity index (χ2n) is 5.54. The van der Waals surface area contributed by atoms with E-state index in [1.165, 1.54) is 0 Å². The van der Waals surface area contributed by atoms with Crippen molar-refractivity contribution in [1.29, 1.82) is 0 Å². The Morgan fingerprint density at radius 1 is 0.750 bits per heavy atom. The van der Waals surface area contributed by atoms with E-state index in [1.54, 1.807) is 0 Å². The smallest absolute Gasteiger partial charge is 0.215 e. The Morgan fingerprint density at radius 3 is 1.96 bits per heavy atom. The fourth-order valence-electron chi connectivity index (χ4n) is 2.93. The van der Waals surface area contributed by atoms with Crippen LogP contribution in [-0.4, -0.2) is 4.98 Å². The molecule has 0 spiro atoms. The van der Waals surface area contributed by atoms with E-state index >= 15 is 0 Å². The van der Waals surface area contributed by atoms with Crippen LogP contribution in [0.3, 0.4) is 0 Å². The zero-order valence-corrected chi connectivity index (χ0v) is 12.9. The molecule has 5 nitrogen and oxygen atoms in total. The molecule has 118 valence electrons. The Hall–Kier alpha value is -3.47. The fraction of sp³-hybridized carbons (Fsp3) is 0. The summed E-state index contributed by atoms with van der Waals surface area (Å²) in [5.74, 6) is 0.424. The lowest BCUT2D eigenvalue weighted by molar-refractivity contribution is 0.638. The summed E-state index contributed by atoms with van der Waals surface area (Å²) in [6, 6.07) is 19.7. The van der Waals surface area contributed by atoms with Gasteiger partial charge in [0.1, 0.15) is 5.69 Å². The summed E-state index contributed by atoms with van der Waals surface area (Å²) >= 11 is 0. The second kappa shape index (κ2) is 5.31. The van der Waals surface area contributed by atoms with Crippen molar-refractivity contribution in [3.63, 3.8) is 0 Å². The molecule has 2 aromatic carbocycles. The lowest BCUT2D eigenvalue weighted by Gasteiger charge is -2.12. The van der Waals surface area contributed by atoms with Gasteiger partial charge in [0.05, 0.1) is 11.1 Å². The number of nitrogens with zero attached hydrogens (tertiary/aromatic N) is 1. The molecule has 2 aromatic heterocycles. The minimum Gasteiger partial charge on any atom is -0.435 e. The fourth-order valence-corrected chi connectivity index (χ4v) is 2.93. The number of fused-ring (bicyclic) bond motifs is 1. The van der Waals surface area contributed by atoms with Gasteiger partial charge in [-0.1, -0.05) is 60.7 Å². The minimum absolute atomic E-state index is 0.154. The molecule has 0 radical (unpaired) electrons. The summed E-state index contributed by atoms with van der Waals surface area (Å²) in [5, 5.41) is 0.699. The van der Waals surface area contributed by atoms with Crippen LogP contribution in [0, 0.1) is 0 Å². The Morgan fingerprint density at radius 2 is 1.33 bits per heavy atom. The molecule has 0 aliphatic heterocycles. The number of furan rings is 1. The van der Waals surface area contributed by atoms with Crippen molar-refractivity contribution in [2.24, 2.45) is 0 Å². The molecule has 0 aliphatic carbocycles. The highest BCUT2D eigenvalue weighted by molar-refractivity contribution is 6.12. The van der Waals surface area contributed by atoms with Gasteiger partial charge in [-0.05, 0) is 5.56 Å². The molecule has 4 rings (SSSR count). The van der Waals surface area contributed by atoms with Crippen LogP contribution in [0.15, 0.2) is 65.1 Å². The van der Waals surface area contributed by atoms with Crippen molar-refractivity contribution < 1.29 is 4.42 Å². The molecule has 0 fully saturated rings. The van der Waals surface area contributed by atoms with Crippen LogP contribution >= 0.6 is 0 Å². The Kier molecular flexibility index (Phi) is 3.13. The number of hydrogen-bond donors (Lipinski definition) is 3. The minimum atomic E-state index is 0.154. The van der Waals surface area contributed by atoms with E-state index < -0.39 is 0 Å². The highest BCUT2D eigenvalue weighted by Gasteiger charge is 2.22. The average molecular weight is 316 g/mol. The first-order chi connectivity index (χ1) is 11.7. The van der Waals surface area contributed by atoms with Crippen molar-refractivity contribution >= 4 is 28.4 Å². The summed E-state index contributed by atoms with van der Waals surface area (Å²) in [6.45, 7) is 0. The van der Waals surface area contributed by atoms with E-state index in [4.69, 9.17) is 21.6 Å². The number of pyridine rings is 1. The molecule has 0 saturated heterocycles. The molecule has 0 unspecified atom stereocenters. The normalized spacial score (nSPS) is 11.0. The van der Waals surface area contributed by atoms with Crippen LogP contribution in [0.5, 0.6) is 0 Å². The van der Waals surface area contributed by atoms with Crippen LogP contribution in [0.2, 0.25) is 0 Å². The average Bonchev–Trinajstić information content (AvgIpc) is 2.92. The molecule has 0 aliphatic rings. The maximum absolute atomic E-state index is 6.19. The Balaban J connectivity index is 2.18. The standard InChI is InChI=1S/C19H16N4O/c20-15-14-13(11-7-3-1-4-8-11)16(12-9-5-2-6-10-12)23-18(21)17(14)24-19(15)22/h1-10H,20,22H2,(H2,21,23). The Bertz CT molecular complexity index is 1020. The van der Waals surface area contributed by atoms with Gasteiger partial charge >= 0.3 is 0 Å². The van der Waals surface area contributed by atoms with Crippen LogP contribution in [-0.2, 0) is 0 Å². The molecule has 5 heteroatoms. The SMILES string of the molecule is Nc1oc2c(N)nc(-c3ccccc3)c(-c3ccccc3)c2c1N. The maximum Gasteiger partial charge on any atom is 0.215 e. The molecule has 0 atom stereocenters. The quantitative estimate of drug-likeness (QED) is 0.520. The van der Waals surface area contributed by atoms with Gasteiger partial charge < -0.3 is 21.6 Å². The number of nitrogens with two attached hydrogens (primary N) is 3. The third-order valence-electron chi connectivity index (χ3n) is 4.04. The van der Waals surface area contributed by atoms with Gasteiger partial charge in [-0.2, -0.15) is 0 Å². The molecule has 6 N–H and O–H groups in total. The largest absolute Gasteiger partial charge is 0.435 e. The highest BCUT2D eigenvalue weighted by atomic mass is 16.3. The van der Waals surface area contributed by atoms with E-state index in [1.807, 2.05) is 60.7 Å². The van der Waals surface area contributed by atoms with Gasteiger partial charge in [-0.3, -0.25) is 0 Å². The van der Waals surface area contributed by atoms with Crippen LogP contribution in [0.25, 0.3) is 33.4 Å². The zero-order chi connectivity index (χ0) is 16.7. The molecule has 24 heavy (non-hydrogen) atoms. The first-order valence-corrected chi connectivity index (χ1v) is 7.54. The number of hydrogen-bond acceptors (Lipinski definition) is 5. The number of benzene rings is 2. The number of rotatable bonds is 2. The van der Waals surface area contributed by atoms with Gasteiger partial charge in [0.25, 0.3) is 0 Å². The predicted molar refractivity (Wildman–Crippen MR) is 98.1 cm³/mol. The van der Waals surface area contributed by atoms with Gasteiger partial charge in [0, 0.05) is 11.1 Å². The van der Waals surface area contributed by atoms with Gasteiger partial charge in [0.2, 0.25) is 5.88 Å². The number of aromatic nitrogens is 1.